The fraction of sp³-hybridized carbons (Fsp3) is 0.391. The topological polar surface area (TPSA) is 53.3 Å². The van der Waals surface area contributed by atoms with Crippen LogP contribution in [0, 0.1) is 18.3 Å². The van der Waals surface area contributed by atoms with Gasteiger partial charge in [0.25, 0.3) is 0 Å². The van der Waals surface area contributed by atoms with Gasteiger partial charge in [0.05, 0.1) is 18.6 Å². The lowest BCUT2D eigenvalue weighted by molar-refractivity contribution is -0.130. The van der Waals surface area contributed by atoms with Crippen molar-refractivity contribution in [3.05, 3.63) is 65.2 Å². The van der Waals surface area contributed by atoms with Crippen LogP contribution < -0.4 is 4.74 Å². The second-order valence-corrected chi connectivity index (χ2v) is 7.13. The fourth-order valence-corrected chi connectivity index (χ4v) is 2.95. The zero-order valence-corrected chi connectivity index (χ0v) is 16.6. The van der Waals surface area contributed by atoms with Crippen LogP contribution in [0.15, 0.2) is 48.5 Å². The summed E-state index contributed by atoms with van der Waals surface area (Å²) < 4.78 is 5.73. The number of carbonyl (C=O) groups is 1. The summed E-state index contributed by atoms with van der Waals surface area (Å²) in [4.78, 5) is 14.3. The van der Waals surface area contributed by atoms with E-state index in [1.807, 2.05) is 38.1 Å². The Morgan fingerprint density at radius 3 is 2.15 bits per heavy atom. The number of nitriles is 1. The van der Waals surface area contributed by atoms with Crippen LogP contribution in [0.3, 0.4) is 0 Å². The number of rotatable bonds is 8. The molecule has 0 aliphatic rings. The molecule has 142 valence electrons. The van der Waals surface area contributed by atoms with Crippen molar-refractivity contribution in [2.24, 2.45) is 0 Å². The lowest BCUT2D eigenvalue weighted by atomic mass is 9.87. The molecule has 27 heavy (non-hydrogen) atoms. The van der Waals surface area contributed by atoms with Crippen molar-refractivity contribution in [3.8, 4) is 11.8 Å². The minimum Gasteiger partial charge on any atom is -0.491 e. The Hall–Kier alpha value is -2.80. The minimum absolute atomic E-state index is 0.0317. The molecule has 0 radical (unpaired) electrons. The molecule has 0 spiro atoms. The summed E-state index contributed by atoms with van der Waals surface area (Å²) in [6.07, 6.45) is 0.840. The first kappa shape index (κ1) is 20.5. The maximum atomic E-state index is 12.7. The van der Waals surface area contributed by atoms with Gasteiger partial charge in [0.15, 0.2) is 0 Å². The predicted molar refractivity (Wildman–Crippen MR) is 108 cm³/mol. The molecular formula is C23H28N2O2. The number of hydrogen-bond donors (Lipinski definition) is 0. The second-order valence-electron chi connectivity index (χ2n) is 7.13. The van der Waals surface area contributed by atoms with Gasteiger partial charge >= 0.3 is 0 Å². The Labute approximate surface area is 162 Å². The normalized spacial score (nSPS) is 11.7. The molecule has 0 aromatic heterocycles. The molecule has 0 heterocycles. The van der Waals surface area contributed by atoms with Crippen LogP contribution in [0.4, 0.5) is 0 Å². The molecule has 2 rings (SSSR count). The first-order chi connectivity index (χ1) is 12.9. The van der Waals surface area contributed by atoms with Gasteiger partial charge in [-0.25, -0.2) is 0 Å². The molecule has 0 fully saturated rings. The zero-order valence-electron chi connectivity index (χ0n) is 16.6. The third-order valence-corrected chi connectivity index (χ3v) is 4.50. The number of carbonyl (C=O) groups excluding carboxylic acids is 1. The highest BCUT2D eigenvalue weighted by molar-refractivity contribution is 5.77. The molecule has 0 unspecified atom stereocenters. The molecule has 0 saturated carbocycles. The third-order valence-electron chi connectivity index (χ3n) is 4.50. The average Bonchev–Trinajstić information content (AvgIpc) is 2.65. The van der Waals surface area contributed by atoms with Crippen LogP contribution in [-0.2, 0) is 4.79 Å². The van der Waals surface area contributed by atoms with E-state index in [4.69, 9.17) is 10.00 Å². The van der Waals surface area contributed by atoms with Gasteiger partial charge in [-0.3, -0.25) is 4.79 Å². The van der Waals surface area contributed by atoms with Gasteiger partial charge in [-0.2, -0.15) is 5.26 Å². The summed E-state index contributed by atoms with van der Waals surface area (Å²) in [5.41, 5.74) is 3.38. The summed E-state index contributed by atoms with van der Waals surface area (Å²) in [7, 11) is 1.76. The van der Waals surface area contributed by atoms with E-state index in [-0.39, 0.29) is 17.9 Å². The Bertz CT molecular complexity index is 774. The summed E-state index contributed by atoms with van der Waals surface area (Å²) in [6.45, 7) is 6.51. The summed E-state index contributed by atoms with van der Waals surface area (Å²) in [6, 6.07) is 18.4. The van der Waals surface area contributed by atoms with E-state index in [1.54, 1.807) is 11.9 Å². The Morgan fingerprint density at radius 1 is 1.07 bits per heavy atom. The van der Waals surface area contributed by atoms with E-state index >= 15 is 0 Å². The van der Waals surface area contributed by atoms with Crippen molar-refractivity contribution in [3.63, 3.8) is 0 Å². The highest BCUT2D eigenvalue weighted by Crippen LogP contribution is 2.30. The van der Waals surface area contributed by atoms with Gasteiger partial charge in [0.2, 0.25) is 5.91 Å². The van der Waals surface area contributed by atoms with E-state index < -0.39 is 0 Å². The van der Waals surface area contributed by atoms with Crippen LogP contribution in [0.25, 0.3) is 0 Å². The lowest BCUT2D eigenvalue weighted by Crippen LogP contribution is -2.29. The maximum Gasteiger partial charge on any atom is 0.223 e. The van der Waals surface area contributed by atoms with Gasteiger partial charge in [-0.1, -0.05) is 42.0 Å². The highest BCUT2D eigenvalue weighted by atomic mass is 16.5. The van der Waals surface area contributed by atoms with Gasteiger partial charge in [0.1, 0.15) is 5.75 Å². The molecule has 0 aliphatic heterocycles. The molecule has 0 saturated heterocycles. The van der Waals surface area contributed by atoms with Crippen LogP contribution in [-0.4, -0.2) is 30.5 Å². The van der Waals surface area contributed by atoms with Crippen molar-refractivity contribution < 1.29 is 9.53 Å². The maximum absolute atomic E-state index is 12.7. The van der Waals surface area contributed by atoms with Crippen LogP contribution in [0.1, 0.15) is 49.3 Å². The quantitative estimate of drug-likeness (QED) is 0.683. The average molecular weight is 364 g/mol. The van der Waals surface area contributed by atoms with E-state index in [2.05, 4.69) is 37.3 Å². The number of nitrogens with zero attached hydrogens (tertiary/aromatic N) is 2. The molecule has 0 N–H and O–H groups in total. The number of aryl methyl sites for hydroxylation is 1. The van der Waals surface area contributed by atoms with Crippen LogP contribution in [0.2, 0.25) is 0 Å². The van der Waals surface area contributed by atoms with Crippen LogP contribution in [0.5, 0.6) is 5.75 Å². The molecule has 1 amide bonds. The molecule has 0 bridgehead atoms. The van der Waals surface area contributed by atoms with Gasteiger partial charge in [-0.15, -0.1) is 0 Å². The third kappa shape index (κ3) is 6.14. The monoisotopic (exact) mass is 364 g/mol. The molecule has 1 atom stereocenters. The second kappa shape index (κ2) is 9.78. The number of ether oxygens (including phenoxy) is 1. The highest BCUT2D eigenvalue weighted by Gasteiger charge is 2.20. The Kier molecular flexibility index (Phi) is 7.43. The van der Waals surface area contributed by atoms with Crippen molar-refractivity contribution in [2.45, 2.75) is 45.6 Å². The Morgan fingerprint density at radius 2 is 1.63 bits per heavy atom. The Balaban J connectivity index is 2.26. The molecule has 2 aromatic rings. The van der Waals surface area contributed by atoms with Crippen molar-refractivity contribution in [1.29, 1.82) is 5.26 Å². The van der Waals surface area contributed by atoms with Crippen molar-refractivity contribution >= 4 is 5.91 Å². The van der Waals surface area contributed by atoms with Crippen LogP contribution >= 0.6 is 0 Å². The van der Waals surface area contributed by atoms with E-state index in [0.717, 1.165) is 16.9 Å². The molecule has 4 nitrogen and oxygen atoms in total. The van der Waals surface area contributed by atoms with E-state index in [9.17, 15) is 4.79 Å². The number of amides is 1. The van der Waals surface area contributed by atoms with Gasteiger partial charge in [0, 0.05) is 25.9 Å². The summed E-state index contributed by atoms with van der Waals surface area (Å²) >= 11 is 0. The predicted octanol–water partition coefficient (Wildman–Crippen LogP) is 4.68. The van der Waals surface area contributed by atoms with Gasteiger partial charge in [-0.05, 0) is 44.0 Å². The summed E-state index contributed by atoms with van der Waals surface area (Å²) in [5, 5.41) is 8.75. The van der Waals surface area contributed by atoms with E-state index in [1.165, 1.54) is 5.56 Å². The molecule has 2 aromatic carbocycles. The largest absolute Gasteiger partial charge is 0.491 e. The smallest absolute Gasteiger partial charge is 0.223 e. The minimum atomic E-state index is -0.0317. The molecule has 0 aliphatic carbocycles. The van der Waals surface area contributed by atoms with Gasteiger partial charge < -0.3 is 9.64 Å². The zero-order chi connectivity index (χ0) is 19.8. The van der Waals surface area contributed by atoms with E-state index in [0.29, 0.717) is 19.4 Å². The SMILES string of the molecule is Cc1ccc([C@H](CC(=O)N(C)CCC#N)c2ccc(OC(C)C)cc2)cc1. The molecule has 4 heteroatoms. The first-order valence-corrected chi connectivity index (χ1v) is 9.34. The lowest BCUT2D eigenvalue weighted by Gasteiger charge is -2.22. The van der Waals surface area contributed by atoms with Crippen molar-refractivity contribution in [2.75, 3.05) is 13.6 Å². The number of benzene rings is 2. The summed E-state index contributed by atoms with van der Waals surface area (Å²) in [5.74, 6) is 0.836. The number of hydrogen-bond acceptors (Lipinski definition) is 3. The standard InChI is InChI=1S/C23H28N2O2/c1-17(2)27-21-12-10-20(11-13-21)22(19-8-6-18(3)7-9-19)16-23(26)25(4)15-5-14-24/h6-13,17,22H,5,15-16H2,1-4H3/t22-/m0/s1. The van der Waals surface area contributed by atoms with Crippen molar-refractivity contribution in [1.82, 2.24) is 4.90 Å². The molecular weight excluding hydrogens is 336 g/mol. The first-order valence-electron chi connectivity index (χ1n) is 9.34. The fourth-order valence-electron chi connectivity index (χ4n) is 2.95.